The topological polar surface area (TPSA) is 54.2 Å². The molecule has 0 amide bonds. The van der Waals surface area contributed by atoms with E-state index in [0.717, 1.165) is 28.8 Å². The van der Waals surface area contributed by atoms with Gasteiger partial charge in [-0.15, -0.1) is 24.0 Å². The lowest BCUT2D eigenvalue weighted by Gasteiger charge is -2.11. The molecule has 0 bridgehead atoms. The fourth-order valence-electron chi connectivity index (χ4n) is 1.88. The second kappa shape index (κ2) is 9.68. The molecular formula is C15H21ClIN5. The van der Waals surface area contributed by atoms with E-state index in [9.17, 15) is 0 Å². The first-order chi connectivity index (χ1) is 10.2. The van der Waals surface area contributed by atoms with Gasteiger partial charge in [-0.2, -0.15) is 5.10 Å². The number of hydrogen-bond donors (Lipinski definition) is 2. The summed E-state index contributed by atoms with van der Waals surface area (Å²) in [6.07, 6.45) is 1.78. The van der Waals surface area contributed by atoms with Crippen LogP contribution in [0.2, 0.25) is 5.02 Å². The summed E-state index contributed by atoms with van der Waals surface area (Å²) in [6.45, 7) is 4.06. The number of guanidine groups is 1. The molecule has 1 aromatic carbocycles. The summed E-state index contributed by atoms with van der Waals surface area (Å²) >= 11 is 6.14. The van der Waals surface area contributed by atoms with Gasteiger partial charge in [0.25, 0.3) is 0 Å². The van der Waals surface area contributed by atoms with Crippen LogP contribution in [0.15, 0.2) is 41.5 Å². The lowest BCUT2D eigenvalue weighted by molar-refractivity contribution is 0.685. The van der Waals surface area contributed by atoms with E-state index in [1.165, 1.54) is 0 Å². The highest BCUT2D eigenvalue weighted by Gasteiger charge is 2.02. The molecule has 120 valence electrons. The second-order valence-electron chi connectivity index (χ2n) is 4.59. The molecule has 0 aliphatic heterocycles. The van der Waals surface area contributed by atoms with Gasteiger partial charge in [-0.3, -0.25) is 4.68 Å². The van der Waals surface area contributed by atoms with Gasteiger partial charge < -0.3 is 10.6 Å². The number of aliphatic imine (C=N–C) groups is 1. The molecule has 0 saturated heterocycles. The average Bonchev–Trinajstić information content (AvgIpc) is 2.89. The van der Waals surface area contributed by atoms with Crippen LogP contribution in [0.3, 0.4) is 0 Å². The van der Waals surface area contributed by atoms with Crippen LogP contribution in [-0.2, 0) is 20.1 Å². The normalized spacial score (nSPS) is 11.0. The zero-order valence-electron chi connectivity index (χ0n) is 12.7. The number of nitrogens with zero attached hydrogens (tertiary/aromatic N) is 3. The molecule has 1 aromatic heterocycles. The van der Waals surface area contributed by atoms with E-state index in [1.807, 2.05) is 49.0 Å². The summed E-state index contributed by atoms with van der Waals surface area (Å²) in [5.74, 6) is 0.763. The van der Waals surface area contributed by atoms with Crippen molar-refractivity contribution in [2.45, 2.75) is 20.0 Å². The molecule has 2 rings (SSSR count). The minimum absolute atomic E-state index is 0. The molecule has 22 heavy (non-hydrogen) atoms. The number of nitrogens with one attached hydrogen (secondary N) is 2. The van der Waals surface area contributed by atoms with Crippen LogP contribution in [0.4, 0.5) is 0 Å². The van der Waals surface area contributed by atoms with Crippen LogP contribution in [0.1, 0.15) is 18.2 Å². The van der Waals surface area contributed by atoms with Crippen LogP contribution in [0.25, 0.3) is 0 Å². The molecule has 0 radical (unpaired) electrons. The van der Waals surface area contributed by atoms with Crippen LogP contribution in [0.5, 0.6) is 0 Å². The first-order valence-electron chi connectivity index (χ1n) is 6.93. The minimum Gasteiger partial charge on any atom is -0.357 e. The van der Waals surface area contributed by atoms with Gasteiger partial charge >= 0.3 is 0 Å². The second-order valence-corrected chi connectivity index (χ2v) is 4.99. The molecule has 0 unspecified atom stereocenters. The number of rotatable bonds is 5. The lowest BCUT2D eigenvalue weighted by atomic mass is 10.2. The SMILES string of the molecule is CCNC(=NCc1ccccc1Cl)NCc1ccnn1C.I. The molecule has 2 aromatic rings. The van der Waals surface area contributed by atoms with Crippen LogP contribution in [-0.4, -0.2) is 22.3 Å². The van der Waals surface area contributed by atoms with E-state index < -0.39 is 0 Å². The molecular weight excluding hydrogens is 413 g/mol. The largest absolute Gasteiger partial charge is 0.357 e. The molecule has 1 heterocycles. The van der Waals surface area contributed by atoms with Gasteiger partial charge in [-0.1, -0.05) is 29.8 Å². The maximum absolute atomic E-state index is 6.14. The Bertz CT molecular complexity index is 611. The molecule has 0 spiro atoms. The van der Waals surface area contributed by atoms with Crippen molar-refractivity contribution >= 4 is 41.5 Å². The van der Waals surface area contributed by atoms with Gasteiger partial charge in [0.2, 0.25) is 0 Å². The number of benzene rings is 1. The summed E-state index contributed by atoms with van der Waals surface area (Å²) in [7, 11) is 1.92. The lowest BCUT2D eigenvalue weighted by Crippen LogP contribution is -2.37. The molecule has 0 aliphatic carbocycles. The molecule has 0 aliphatic rings. The average molecular weight is 434 g/mol. The Morgan fingerprint density at radius 3 is 2.68 bits per heavy atom. The molecule has 0 fully saturated rings. The quantitative estimate of drug-likeness (QED) is 0.433. The highest BCUT2D eigenvalue weighted by molar-refractivity contribution is 14.0. The Morgan fingerprint density at radius 2 is 2.05 bits per heavy atom. The third-order valence-corrected chi connectivity index (χ3v) is 3.44. The highest BCUT2D eigenvalue weighted by atomic mass is 127. The van der Waals surface area contributed by atoms with Crippen molar-refractivity contribution in [3.8, 4) is 0 Å². The van der Waals surface area contributed by atoms with Crippen molar-refractivity contribution in [3.63, 3.8) is 0 Å². The van der Waals surface area contributed by atoms with Crippen molar-refractivity contribution < 1.29 is 0 Å². The molecule has 2 N–H and O–H groups in total. The Morgan fingerprint density at radius 1 is 1.27 bits per heavy atom. The summed E-state index contributed by atoms with van der Waals surface area (Å²) in [5, 5.41) is 11.4. The molecule has 0 atom stereocenters. The van der Waals surface area contributed by atoms with Crippen molar-refractivity contribution in [2.75, 3.05) is 6.54 Å². The third kappa shape index (κ3) is 5.49. The predicted octanol–water partition coefficient (Wildman–Crippen LogP) is 2.95. The maximum Gasteiger partial charge on any atom is 0.191 e. The van der Waals surface area contributed by atoms with Gasteiger partial charge in [0.05, 0.1) is 18.8 Å². The molecule has 0 saturated carbocycles. The van der Waals surface area contributed by atoms with Crippen LogP contribution >= 0.6 is 35.6 Å². The van der Waals surface area contributed by atoms with Crippen LogP contribution < -0.4 is 10.6 Å². The number of aryl methyl sites for hydroxylation is 1. The Hall–Kier alpha value is -1.28. The van der Waals surface area contributed by atoms with E-state index >= 15 is 0 Å². The van der Waals surface area contributed by atoms with Gasteiger partial charge in [0.1, 0.15) is 0 Å². The zero-order valence-corrected chi connectivity index (χ0v) is 15.8. The fourth-order valence-corrected chi connectivity index (χ4v) is 2.08. The highest BCUT2D eigenvalue weighted by Crippen LogP contribution is 2.15. The minimum atomic E-state index is 0. The number of halogens is 2. The smallest absolute Gasteiger partial charge is 0.191 e. The van der Waals surface area contributed by atoms with Gasteiger partial charge in [-0.25, -0.2) is 4.99 Å². The monoisotopic (exact) mass is 433 g/mol. The summed E-state index contributed by atoms with van der Waals surface area (Å²) in [6, 6.07) is 9.72. The van der Waals surface area contributed by atoms with Gasteiger partial charge in [0, 0.05) is 24.8 Å². The standard InChI is InChI=1S/C15H20ClN5.HI/c1-3-17-15(19-11-13-8-9-20-21(13)2)18-10-12-6-4-5-7-14(12)16;/h4-9H,3,10-11H2,1-2H3,(H2,17,18,19);1H. The predicted molar refractivity (Wildman–Crippen MR) is 102 cm³/mol. The van der Waals surface area contributed by atoms with Crippen LogP contribution in [0, 0.1) is 0 Å². The molecule has 5 nitrogen and oxygen atoms in total. The Kier molecular flexibility index (Phi) is 8.26. The first-order valence-corrected chi connectivity index (χ1v) is 7.31. The summed E-state index contributed by atoms with van der Waals surface area (Å²) in [5.41, 5.74) is 2.11. The van der Waals surface area contributed by atoms with Crippen molar-refractivity contribution in [1.29, 1.82) is 0 Å². The van der Waals surface area contributed by atoms with Gasteiger partial charge in [0.15, 0.2) is 5.96 Å². The Labute approximate surface area is 153 Å². The van der Waals surface area contributed by atoms with E-state index in [1.54, 1.807) is 6.20 Å². The van der Waals surface area contributed by atoms with E-state index in [-0.39, 0.29) is 24.0 Å². The summed E-state index contributed by atoms with van der Waals surface area (Å²) in [4.78, 5) is 4.55. The number of aromatic nitrogens is 2. The molecule has 7 heteroatoms. The maximum atomic E-state index is 6.14. The zero-order chi connectivity index (χ0) is 15.1. The third-order valence-electron chi connectivity index (χ3n) is 3.07. The van der Waals surface area contributed by atoms with E-state index in [0.29, 0.717) is 13.1 Å². The first kappa shape index (κ1) is 18.8. The van der Waals surface area contributed by atoms with Crippen molar-refractivity contribution in [2.24, 2.45) is 12.0 Å². The van der Waals surface area contributed by atoms with E-state index in [4.69, 9.17) is 11.6 Å². The van der Waals surface area contributed by atoms with Crippen molar-refractivity contribution in [3.05, 3.63) is 52.8 Å². The van der Waals surface area contributed by atoms with Gasteiger partial charge in [-0.05, 0) is 24.6 Å². The number of hydrogen-bond acceptors (Lipinski definition) is 2. The van der Waals surface area contributed by atoms with E-state index in [2.05, 4.69) is 20.7 Å². The van der Waals surface area contributed by atoms with Crippen molar-refractivity contribution in [1.82, 2.24) is 20.4 Å². The summed E-state index contributed by atoms with van der Waals surface area (Å²) < 4.78 is 1.84. The fraction of sp³-hybridized carbons (Fsp3) is 0.333. The Balaban J connectivity index is 0.00000242.